The highest BCUT2D eigenvalue weighted by Gasteiger charge is 2.15. The Morgan fingerprint density at radius 1 is 1.19 bits per heavy atom. The highest BCUT2D eigenvalue weighted by Crippen LogP contribution is 2.17. The Kier molecular flexibility index (Phi) is 3.64. The van der Waals surface area contributed by atoms with Gasteiger partial charge >= 0.3 is 0 Å². The molecule has 1 aliphatic rings. The number of aryl methyl sites for hydroxylation is 1. The third-order valence-electron chi connectivity index (χ3n) is 3.01. The largest absolute Gasteiger partial charge is 0.368 e. The maximum atomic E-state index is 5.84. The fourth-order valence-corrected chi connectivity index (χ4v) is 2.12. The van der Waals surface area contributed by atoms with Crippen LogP contribution in [0, 0.1) is 0 Å². The number of aromatic nitrogens is 3. The normalized spacial score (nSPS) is 17.4. The minimum atomic E-state index is 0.543. The van der Waals surface area contributed by atoms with Crippen molar-refractivity contribution in [1.82, 2.24) is 14.8 Å². The fraction of sp³-hybridized carbons (Fsp3) is 0.818. The predicted molar refractivity (Wildman–Crippen MR) is 65.4 cm³/mol. The van der Waals surface area contributed by atoms with Crippen molar-refractivity contribution in [2.75, 3.05) is 23.7 Å². The lowest BCUT2D eigenvalue weighted by Gasteiger charge is -2.17. The highest BCUT2D eigenvalue weighted by atomic mass is 15.4. The topological polar surface area (TPSA) is 60.0 Å². The Balaban J connectivity index is 2.09. The van der Waals surface area contributed by atoms with Gasteiger partial charge in [-0.15, -0.1) is 5.10 Å². The smallest absolute Gasteiger partial charge is 0.246 e. The monoisotopic (exact) mass is 223 g/mol. The number of hydrogen-bond acceptors (Lipinski definition) is 4. The molecule has 1 aliphatic heterocycles. The van der Waals surface area contributed by atoms with Crippen LogP contribution in [-0.4, -0.2) is 27.9 Å². The fourth-order valence-electron chi connectivity index (χ4n) is 2.12. The van der Waals surface area contributed by atoms with Gasteiger partial charge in [-0.3, -0.25) is 0 Å². The van der Waals surface area contributed by atoms with E-state index in [1.165, 1.54) is 25.7 Å². The molecule has 5 nitrogen and oxygen atoms in total. The summed E-state index contributed by atoms with van der Waals surface area (Å²) in [5, 5.41) is 4.47. The first-order chi connectivity index (χ1) is 7.81. The van der Waals surface area contributed by atoms with Gasteiger partial charge in [-0.2, -0.15) is 4.98 Å². The minimum Gasteiger partial charge on any atom is -0.368 e. The summed E-state index contributed by atoms with van der Waals surface area (Å²) in [6.07, 6.45) is 6.15. The molecule has 0 aliphatic carbocycles. The first kappa shape index (κ1) is 11.2. The van der Waals surface area contributed by atoms with E-state index in [0.717, 1.165) is 32.0 Å². The molecule has 0 radical (unpaired) electrons. The Morgan fingerprint density at radius 2 is 1.88 bits per heavy atom. The summed E-state index contributed by atoms with van der Waals surface area (Å²) in [4.78, 5) is 6.61. The van der Waals surface area contributed by atoms with Crippen LogP contribution in [0.2, 0.25) is 0 Å². The van der Waals surface area contributed by atoms with Crippen LogP contribution in [0.25, 0.3) is 0 Å². The second kappa shape index (κ2) is 5.18. The van der Waals surface area contributed by atoms with E-state index in [-0.39, 0.29) is 0 Å². The number of anilines is 2. The van der Waals surface area contributed by atoms with E-state index in [1.54, 1.807) is 4.68 Å². The lowest BCUT2D eigenvalue weighted by molar-refractivity contribution is 0.605. The summed E-state index contributed by atoms with van der Waals surface area (Å²) in [7, 11) is 0. The molecular weight excluding hydrogens is 202 g/mol. The molecule has 0 bridgehead atoms. The Bertz CT molecular complexity index is 325. The number of rotatable bonds is 3. The van der Waals surface area contributed by atoms with Gasteiger partial charge in [0.05, 0.1) is 0 Å². The van der Waals surface area contributed by atoms with Crippen molar-refractivity contribution in [3.63, 3.8) is 0 Å². The quantitative estimate of drug-likeness (QED) is 0.846. The van der Waals surface area contributed by atoms with Gasteiger partial charge in [-0.05, 0) is 19.3 Å². The van der Waals surface area contributed by atoms with Crippen LogP contribution in [0.3, 0.4) is 0 Å². The summed E-state index contributed by atoms with van der Waals surface area (Å²) in [6, 6.07) is 0. The van der Waals surface area contributed by atoms with Gasteiger partial charge in [-0.25, -0.2) is 4.68 Å². The molecule has 1 aromatic rings. The number of hydrogen-bond donors (Lipinski definition) is 1. The molecule has 0 spiro atoms. The van der Waals surface area contributed by atoms with Gasteiger partial charge in [0.25, 0.3) is 0 Å². The molecule has 0 aromatic carbocycles. The van der Waals surface area contributed by atoms with Gasteiger partial charge < -0.3 is 10.6 Å². The maximum absolute atomic E-state index is 5.84. The van der Waals surface area contributed by atoms with Crippen LogP contribution in [0.1, 0.15) is 39.0 Å². The van der Waals surface area contributed by atoms with Gasteiger partial charge in [0.15, 0.2) is 0 Å². The maximum Gasteiger partial charge on any atom is 0.246 e. The average molecular weight is 223 g/mol. The standard InChI is InChI=1S/C11H21N5/c1-2-7-16-10(12)13-11(14-16)15-8-5-3-4-6-9-15/h2-9H2,1H3,(H2,12,13,14). The molecule has 90 valence electrons. The zero-order valence-corrected chi connectivity index (χ0v) is 10.0. The number of nitrogens with two attached hydrogens (primary N) is 1. The van der Waals surface area contributed by atoms with E-state index in [2.05, 4.69) is 21.9 Å². The SMILES string of the molecule is CCCn1nc(N2CCCCCC2)nc1N. The van der Waals surface area contributed by atoms with Crippen LogP contribution in [-0.2, 0) is 6.54 Å². The summed E-state index contributed by atoms with van der Waals surface area (Å²) in [6.45, 7) is 5.10. The highest BCUT2D eigenvalue weighted by molar-refractivity contribution is 5.35. The van der Waals surface area contributed by atoms with Gasteiger partial charge in [0, 0.05) is 19.6 Å². The third-order valence-corrected chi connectivity index (χ3v) is 3.01. The number of nitrogens with zero attached hydrogens (tertiary/aromatic N) is 4. The van der Waals surface area contributed by atoms with Crippen molar-refractivity contribution < 1.29 is 0 Å². The zero-order valence-electron chi connectivity index (χ0n) is 10.0. The first-order valence-corrected chi connectivity index (χ1v) is 6.26. The van der Waals surface area contributed by atoms with Crippen LogP contribution in [0.4, 0.5) is 11.9 Å². The predicted octanol–water partition coefficient (Wildman–Crippen LogP) is 1.65. The number of nitrogen functional groups attached to an aromatic ring is 1. The van der Waals surface area contributed by atoms with E-state index < -0.39 is 0 Å². The zero-order chi connectivity index (χ0) is 11.4. The summed E-state index contributed by atoms with van der Waals surface area (Å²) in [5.41, 5.74) is 5.84. The lowest BCUT2D eigenvalue weighted by atomic mass is 10.2. The molecule has 1 saturated heterocycles. The minimum absolute atomic E-state index is 0.543. The van der Waals surface area contributed by atoms with Crippen molar-refractivity contribution in [2.45, 2.75) is 45.6 Å². The lowest BCUT2D eigenvalue weighted by Crippen LogP contribution is -2.25. The van der Waals surface area contributed by atoms with E-state index in [9.17, 15) is 0 Å². The molecule has 1 fully saturated rings. The molecule has 16 heavy (non-hydrogen) atoms. The average Bonchev–Trinajstić information content (AvgIpc) is 2.54. The van der Waals surface area contributed by atoms with Gasteiger partial charge in [0.1, 0.15) is 0 Å². The summed E-state index contributed by atoms with van der Waals surface area (Å²) < 4.78 is 1.81. The van der Waals surface area contributed by atoms with Crippen molar-refractivity contribution in [3.05, 3.63) is 0 Å². The van der Waals surface area contributed by atoms with Crippen molar-refractivity contribution in [1.29, 1.82) is 0 Å². The van der Waals surface area contributed by atoms with E-state index in [0.29, 0.717) is 5.95 Å². The second-order valence-electron chi connectivity index (χ2n) is 4.39. The van der Waals surface area contributed by atoms with Crippen LogP contribution in [0.5, 0.6) is 0 Å². The molecular formula is C11H21N5. The van der Waals surface area contributed by atoms with Crippen LogP contribution < -0.4 is 10.6 Å². The Labute approximate surface area is 96.6 Å². The molecule has 0 atom stereocenters. The molecule has 2 N–H and O–H groups in total. The molecule has 2 heterocycles. The molecule has 0 amide bonds. The van der Waals surface area contributed by atoms with E-state index in [4.69, 9.17) is 5.73 Å². The first-order valence-electron chi connectivity index (χ1n) is 6.26. The van der Waals surface area contributed by atoms with Gasteiger partial charge in [0.2, 0.25) is 11.9 Å². The molecule has 0 unspecified atom stereocenters. The van der Waals surface area contributed by atoms with Crippen molar-refractivity contribution in [3.8, 4) is 0 Å². The third kappa shape index (κ3) is 2.46. The van der Waals surface area contributed by atoms with E-state index in [1.807, 2.05) is 0 Å². The van der Waals surface area contributed by atoms with Gasteiger partial charge in [-0.1, -0.05) is 19.8 Å². The molecule has 2 rings (SSSR count). The van der Waals surface area contributed by atoms with E-state index >= 15 is 0 Å². The van der Waals surface area contributed by atoms with Crippen molar-refractivity contribution >= 4 is 11.9 Å². The Hall–Kier alpha value is -1.26. The van der Waals surface area contributed by atoms with Crippen LogP contribution in [0.15, 0.2) is 0 Å². The summed E-state index contributed by atoms with van der Waals surface area (Å²) >= 11 is 0. The molecule has 5 heteroatoms. The summed E-state index contributed by atoms with van der Waals surface area (Å²) in [5.74, 6) is 1.36. The second-order valence-corrected chi connectivity index (χ2v) is 4.39. The molecule has 0 saturated carbocycles. The van der Waals surface area contributed by atoms with Crippen LogP contribution >= 0.6 is 0 Å². The van der Waals surface area contributed by atoms with Crippen molar-refractivity contribution in [2.24, 2.45) is 0 Å². The Morgan fingerprint density at radius 3 is 2.50 bits per heavy atom. The molecule has 1 aromatic heterocycles.